The minimum absolute atomic E-state index is 0.0896. The smallest absolute Gasteiger partial charge is 0.264 e. The fourth-order valence-electron chi connectivity index (χ4n) is 4.13. The molecule has 9 heteroatoms. The highest BCUT2D eigenvalue weighted by Gasteiger charge is 2.33. The van der Waals surface area contributed by atoms with Crippen LogP contribution in [0.5, 0.6) is 0 Å². The number of benzene rings is 3. The van der Waals surface area contributed by atoms with Crippen LogP contribution in [0.1, 0.15) is 32.8 Å². The number of nitrogens with one attached hydrogen (secondary N) is 1. The van der Waals surface area contributed by atoms with E-state index in [-0.39, 0.29) is 23.4 Å². The summed E-state index contributed by atoms with van der Waals surface area (Å²) in [6, 6.07) is 23.9. The molecule has 0 aliphatic rings. The second-order valence-corrected chi connectivity index (χ2v) is 12.3. The number of carbonyl (C=O) groups excluding carboxylic acids is 2. The number of anilines is 1. The number of hydrogen-bond acceptors (Lipinski definition) is 4. The topological polar surface area (TPSA) is 86.8 Å². The summed E-state index contributed by atoms with van der Waals surface area (Å²) in [7, 11) is -4.05. The van der Waals surface area contributed by atoms with Crippen molar-refractivity contribution >= 4 is 50.1 Å². The molecule has 202 valence electrons. The molecular formula is C29H34IN3O4S. The molecule has 0 saturated heterocycles. The van der Waals surface area contributed by atoms with Gasteiger partial charge in [-0.3, -0.25) is 13.9 Å². The Morgan fingerprint density at radius 2 is 1.47 bits per heavy atom. The van der Waals surface area contributed by atoms with Crippen molar-refractivity contribution in [3.05, 3.63) is 94.1 Å². The predicted molar refractivity (Wildman–Crippen MR) is 159 cm³/mol. The molecule has 0 heterocycles. The van der Waals surface area contributed by atoms with E-state index in [1.54, 1.807) is 42.5 Å². The quantitative estimate of drug-likeness (QED) is 0.285. The van der Waals surface area contributed by atoms with Gasteiger partial charge >= 0.3 is 0 Å². The molecule has 38 heavy (non-hydrogen) atoms. The van der Waals surface area contributed by atoms with Crippen molar-refractivity contribution in [2.45, 2.75) is 50.6 Å². The lowest BCUT2D eigenvalue weighted by atomic mass is 10.1. The molecule has 0 aromatic heterocycles. The highest BCUT2D eigenvalue weighted by Crippen LogP contribution is 2.25. The Hall–Kier alpha value is -2.92. The molecule has 0 aliphatic heterocycles. The third-order valence-corrected chi connectivity index (χ3v) is 8.53. The number of amides is 2. The van der Waals surface area contributed by atoms with Gasteiger partial charge in [0.2, 0.25) is 11.8 Å². The molecule has 0 unspecified atom stereocenters. The Balaban J connectivity index is 1.99. The van der Waals surface area contributed by atoms with Gasteiger partial charge in [0.25, 0.3) is 10.0 Å². The molecule has 0 saturated carbocycles. The Bertz CT molecular complexity index is 1300. The van der Waals surface area contributed by atoms with Gasteiger partial charge in [0.05, 0.1) is 10.6 Å². The monoisotopic (exact) mass is 647 g/mol. The average Bonchev–Trinajstić information content (AvgIpc) is 2.90. The summed E-state index contributed by atoms with van der Waals surface area (Å²) in [5, 5.41) is 2.91. The minimum atomic E-state index is -4.05. The maximum absolute atomic E-state index is 13.9. The van der Waals surface area contributed by atoms with E-state index in [9.17, 15) is 18.0 Å². The SMILES string of the molecule is CC[C@H](C(=O)NC(C)C)N(CCc1ccccc1)C(=O)CN(c1ccc(I)cc1)S(=O)(=O)c1ccccc1. The number of halogens is 1. The summed E-state index contributed by atoms with van der Waals surface area (Å²) in [4.78, 5) is 28.6. The van der Waals surface area contributed by atoms with E-state index in [1.807, 2.05) is 51.1 Å². The number of carbonyl (C=O) groups is 2. The molecular weight excluding hydrogens is 613 g/mol. The van der Waals surface area contributed by atoms with Gasteiger partial charge in [-0.15, -0.1) is 0 Å². The van der Waals surface area contributed by atoms with Crippen molar-refractivity contribution in [3.63, 3.8) is 0 Å². The first-order chi connectivity index (χ1) is 18.1. The van der Waals surface area contributed by atoms with E-state index in [0.717, 1.165) is 13.4 Å². The van der Waals surface area contributed by atoms with Crippen molar-refractivity contribution in [1.82, 2.24) is 10.2 Å². The molecule has 0 fully saturated rings. The summed E-state index contributed by atoms with van der Waals surface area (Å²) >= 11 is 2.15. The second-order valence-electron chi connectivity index (χ2n) is 9.21. The van der Waals surface area contributed by atoms with Crippen molar-refractivity contribution in [2.75, 3.05) is 17.4 Å². The van der Waals surface area contributed by atoms with E-state index in [2.05, 4.69) is 27.9 Å². The van der Waals surface area contributed by atoms with Crippen molar-refractivity contribution in [3.8, 4) is 0 Å². The van der Waals surface area contributed by atoms with Crippen LogP contribution in [0.15, 0.2) is 89.8 Å². The van der Waals surface area contributed by atoms with Gasteiger partial charge in [-0.25, -0.2) is 8.42 Å². The third-order valence-electron chi connectivity index (χ3n) is 6.03. The Labute approximate surface area is 239 Å². The molecule has 3 aromatic carbocycles. The molecule has 0 radical (unpaired) electrons. The van der Waals surface area contributed by atoms with Crippen molar-refractivity contribution in [1.29, 1.82) is 0 Å². The van der Waals surface area contributed by atoms with Gasteiger partial charge in [-0.05, 0) is 91.2 Å². The van der Waals surface area contributed by atoms with Gasteiger partial charge in [-0.1, -0.05) is 55.5 Å². The molecule has 7 nitrogen and oxygen atoms in total. The van der Waals surface area contributed by atoms with Crippen LogP contribution in [0.25, 0.3) is 0 Å². The lowest BCUT2D eigenvalue weighted by Crippen LogP contribution is -2.54. The largest absolute Gasteiger partial charge is 0.352 e. The highest BCUT2D eigenvalue weighted by atomic mass is 127. The maximum atomic E-state index is 13.9. The zero-order chi connectivity index (χ0) is 27.7. The lowest BCUT2D eigenvalue weighted by Gasteiger charge is -2.33. The summed E-state index contributed by atoms with van der Waals surface area (Å²) in [6.07, 6.45) is 0.932. The Kier molecular flexibility index (Phi) is 10.7. The minimum Gasteiger partial charge on any atom is -0.352 e. The van der Waals surface area contributed by atoms with E-state index < -0.39 is 28.5 Å². The standard InChI is InChI=1S/C29H34IN3O4S/c1-4-27(29(35)31-22(2)3)32(20-19-23-11-7-5-8-12-23)28(34)21-33(25-17-15-24(30)16-18-25)38(36,37)26-13-9-6-10-14-26/h5-18,22,27H,4,19-21H2,1-3H3,(H,31,35)/t27-/m1/s1. The van der Waals surface area contributed by atoms with Gasteiger partial charge in [0, 0.05) is 16.2 Å². The van der Waals surface area contributed by atoms with Crippen LogP contribution < -0.4 is 9.62 Å². The number of sulfonamides is 1. The van der Waals surface area contributed by atoms with Crippen LogP contribution in [0.3, 0.4) is 0 Å². The average molecular weight is 648 g/mol. The van der Waals surface area contributed by atoms with Crippen LogP contribution >= 0.6 is 22.6 Å². The summed E-state index contributed by atoms with van der Waals surface area (Å²) in [6.45, 7) is 5.43. The first-order valence-corrected chi connectivity index (χ1v) is 15.1. The van der Waals surface area contributed by atoms with Crippen LogP contribution in [0, 0.1) is 3.57 Å². The Morgan fingerprint density at radius 1 is 0.895 bits per heavy atom. The molecule has 2 amide bonds. The van der Waals surface area contributed by atoms with E-state index in [0.29, 0.717) is 18.5 Å². The molecule has 1 atom stereocenters. The third kappa shape index (κ3) is 7.80. The summed E-state index contributed by atoms with van der Waals surface area (Å²) < 4.78 is 29.6. The van der Waals surface area contributed by atoms with Gasteiger partial charge in [0.15, 0.2) is 0 Å². The molecule has 0 aliphatic carbocycles. The van der Waals surface area contributed by atoms with E-state index >= 15 is 0 Å². The Morgan fingerprint density at radius 3 is 2.03 bits per heavy atom. The highest BCUT2D eigenvalue weighted by molar-refractivity contribution is 14.1. The summed E-state index contributed by atoms with van der Waals surface area (Å²) in [5.74, 6) is -0.694. The number of nitrogens with zero attached hydrogens (tertiary/aromatic N) is 2. The van der Waals surface area contributed by atoms with E-state index in [1.165, 1.54) is 17.0 Å². The van der Waals surface area contributed by atoms with Crippen molar-refractivity contribution < 1.29 is 18.0 Å². The van der Waals surface area contributed by atoms with Crippen LogP contribution in [0.4, 0.5) is 5.69 Å². The van der Waals surface area contributed by atoms with Crippen molar-refractivity contribution in [2.24, 2.45) is 0 Å². The maximum Gasteiger partial charge on any atom is 0.264 e. The second kappa shape index (κ2) is 13.7. The number of hydrogen-bond donors (Lipinski definition) is 1. The molecule has 3 rings (SSSR count). The lowest BCUT2D eigenvalue weighted by molar-refractivity contribution is -0.139. The zero-order valence-corrected chi connectivity index (χ0v) is 24.9. The predicted octanol–water partition coefficient (Wildman–Crippen LogP) is 4.86. The summed E-state index contributed by atoms with van der Waals surface area (Å²) in [5.41, 5.74) is 1.40. The fraction of sp³-hybridized carbons (Fsp3) is 0.310. The van der Waals surface area contributed by atoms with Crippen LogP contribution in [-0.2, 0) is 26.0 Å². The zero-order valence-electron chi connectivity index (χ0n) is 21.9. The molecule has 0 spiro atoms. The molecule has 0 bridgehead atoms. The number of rotatable bonds is 12. The van der Waals surface area contributed by atoms with Gasteiger partial charge in [-0.2, -0.15) is 0 Å². The van der Waals surface area contributed by atoms with E-state index in [4.69, 9.17) is 0 Å². The van der Waals surface area contributed by atoms with Gasteiger partial charge in [0.1, 0.15) is 12.6 Å². The van der Waals surface area contributed by atoms with Crippen LogP contribution in [-0.4, -0.2) is 50.3 Å². The molecule has 1 N–H and O–H groups in total. The normalized spacial score (nSPS) is 12.1. The first kappa shape index (κ1) is 29.6. The molecule has 3 aromatic rings. The van der Waals surface area contributed by atoms with Crippen LogP contribution in [0.2, 0.25) is 0 Å². The fourth-order valence-corrected chi connectivity index (χ4v) is 5.93. The first-order valence-electron chi connectivity index (χ1n) is 12.6. The van der Waals surface area contributed by atoms with Gasteiger partial charge < -0.3 is 10.2 Å².